The van der Waals surface area contributed by atoms with Crippen LogP contribution in [-0.2, 0) is 10.0 Å². The molecule has 0 radical (unpaired) electrons. The topological polar surface area (TPSA) is 46.6 Å². The lowest BCUT2D eigenvalue weighted by Crippen LogP contribution is -2.42. The number of sulfonamides is 1. The lowest BCUT2D eigenvalue weighted by atomic mass is 10.1. The lowest BCUT2D eigenvalue weighted by Gasteiger charge is -2.32. The number of piperidine rings is 1. The van der Waals surface area contributed by atoms with Gasteiger partial charge in [0.15, 0.2) is 0 Å². The van der Waals surface area contributed by atoms with Crippen LogP contribution in [0.1, 0.15) is 31.7 Å². The molecule has 0 unspecified atom stereocenters. The maximum Gasteiger partial charge on any atom is 0.247 e. The van der Waals surface area contributed by atoms with E-state index < -0.39 is 10.0 Å². The van der Waals surface area contributed by atoms with Crippen molar-refractivity contribution in [3.8, 4) is 5.75 Å². The number of hydrogen-bond donors (Lipinski definition) is 0. The molecule has 1 heterocycles. The zero-order valence-electron chi connectivity index (χ0n) is 12.0. The third kappa shape index (κ3) is 2.87. The van der Waals surface area contributed by atoms with Crippen molar-refractivity contribution in [3.05, 3.63) is 22.2 Å². The first-order valence-electron chi connectivity index (χ1n) is 6.74. The maximum absolute atomic E-state index is 12.9. The molecule has 1 aliphatic rings. The Morgan fingerprint density at radius 2 is 2.05 bits per heavy atom. The van der Waals surface area contributed by atoms with Gasteiger partial charge in [0.25, 0.3) is 0 Å². The predicted octanol–water partition coefficient (Wildman–Crippen LogP) is 3.33. The van der Waals surface area contributed by atoms with E-state index in [4.69, 9.17) is 4.74 Å². The van der Waals surface area contributed by atoms with Crippen LogP contribution in [0.25, 0.3) is 0 Å². The van der Waals surface area contributed by atoms with Crippen LogP contribution in [0.3, 0.4) is 0 Å². The van der Waals surface area contributed by atoms with Crippen LogP contribution >= 0.6 is 15.9 Å². The summed E-state index contributed by atoms with van der Waals surface area (Å²) in [5.74, 6) is 0.406. The van der Waals surface area contributed by atoms with Crippen molar-refractivity contribution in [1.29, 1.82) is 0 Å². The van der Waals surface area contributed by atoms with E-state index in [0.717, 1.165) is 29.3 Å². The van der Waals surface area contributed by atoms with Gasteiger partial charge in [-0.25, -0.2) is 8.42 Å². The summed E-state index contributed by atoms with van der Waals surface area (Å²) in [6, 6.07) is 3.44. The summed E-state index contributed by atoms with van der Waals surface area (Å²) in [5.41, 5.74) is 0.951. The number of nitrogens with zero attached hydrogens (tertiary/aromatic N) is 1. The van der Waals surface area contributed by atoms with Gasteiger partial charge in [0.05, 0.1) is 7.11 Å². The van der Waals surface area contributed by atoms with Crippen molar-refractivity contribution < 1.29 is 13.2 Å². The summed E-state index contributed by atoms with van der Waals surface area (Å²) in [5, 5.41) is 0. The molecule has 1 saturated heterocycles. The van der Waals surface area contributed by atoms with Gasteiger partial charge in [-0.05, 0) is 44.4 Å². The minimum absolute atomic E-state index is 0.0403. The number of benzene rings is 1. The average Bonchev–Trinajstić information content (AvgIpc) is 2.41. The molecule has 1 aliphatic heterocycles. The summed E-state index contributed by atoms with van der Waals surface area (Å²) in [7, 11) is -2.01. The fraction of sp³-hybridized carbons (Fsp3) is 0.571. The smallest absolute Gasteiger partial charge is 0.247 e. The highest BCUT2D eigenvalue weighted by Gasteiger charge is 2.33. The molecular formula is C14H20BrNO3S. The Labute approximate surface area is 129 Å². The molecule has 6 heteroatoms. The van der Waals surface area contributed by atoms with E-state index in [1.165, 1.54) is 7.11 Å². The molecular weight excluding hydrogens is 342 g/mol. The minimum atomic E-state index is -3.51. The second-order valence-corrected chi connectivity index (χ2v) is 7.93. The molecule has 0 N–H and O–H groups in total. The minimum Gasteiger partial charge on any atom is -0.495 e. The van der Waals surface area contributed by atoms with E-state index >= 15 is 0 Å². The molecule has 0 saturated carbocycles. The van der Waals surface area contributed by atoms with Crippen LogP contribution in [0.4, 0.5) is 0 Å². The molecule has 0 aliphatic carbocycles. The Morgan fingerprint density at radius 3 is 2.65 bits per heavy atom. The lowest BCUT2D eigenvalue weighted by molar-refractivity contribution is 0.267. The molecule has 0 bridgehead atoms. The van der Waals surface area contributed by atoms with Gasteiger partial charge in [-0.3, -0.25) is 0 Å². The first kappa shape index (κ1) is 15.8. The van der Waals surface area contributed by atoms with Crippen molar-refractivity contribution in [1.82, 2.24) is 4.31 Å². The van der Waals surface area contributed by atoms with Crippen LogP contribution in [0.5, 0.6) is 5.75 Å². The van der Waals surface area contributed by atoms with Gasteiger partial charge in [-0.2, -0.15) is 4.31 Å². The number of ether oxygens (including phenoxy) is 1. The molecule has 0 aromatic heterocycles. The summed E-state index contributed by atoms with van der Waals surface area (Å²) in [6.07, 6.45) is 2.91. The molecule has 1 fully saturated rings. The number of hydrogen-bond acceptors (Lipinski definition) is 3. The number of methoxy groups -OCH3 is 1. The fourth-order valence-corrected chi connectivity index (χ4v) is 4.91. The van der Waals surface area contributed by atoms with Gasteiger partial charge in [-0.1, -0.05) is 22.4 Å². The van der Waals surface area contributed by atoms with E-state index in [2.05, 4.69) is 15.9 Å². The third-order valence-corrected chi connectivity index (χ3v) is 6.66. The largest absolute Gasteiger partial charge is 0.495 e. The standard InChI is InChI=1S/C14H20BrNO3S/c1-10-8-13(19-3)14(9-12(10)15)20(17,18)16-7-5-4-6-11(16)2/h8-9,11H,4-7H2,1-3H3/t11-/m1/s1. The van der Waals surface area contributed by atoms with E-state index in [9.17, 15) is 8.42 Å². The van der Waals surface area contributed by atoms with Crippen molar-refractivity contribution in [2.45, 2.75) is 44.0 Å². The van der Waals surface area contributed by atoms with Gasteiger partial charge in [0, 0.05) is 17.1 Å². The van der Waals surface area contributed by atoms with Gasteiger partial charge in [0.2, 0.25) is 10.0 Å². The van der Waals surface area contributed by atoms with Gasteiger partial charge in [0.1, 0.15) is 10.6 Å². The van der Waals surface area contributed by atoms with Crippen molar-refractivity contribution in [2.75, 3.05) is 13.7 Å². The normalized spacial score (nSPS) is 20.9. The molecule has 0 spiro atoms. The van der Waals surface area contributed by atoms with Crippen molar-refractivity contribution in [2.24, 2.45) is 0 Å². The zero-order chi connectivity index (χ0) is 14.9. The van der Waals surface area contributed by atoms with Crippen LogP contribution in [0.2, 0.25) is 0 Å². The molecule has 1 atom stereocenters. The highest BCUT2D eigenvalue weighted by molar-refractivity contribution is 9.10. The van der Waals surface area contributed by atoms with Gasteiger partial charge >= 0.3 is 0 Å². The summed E-state index contributed by atoms with van der Waals surface area (Å²) < 4.78 is 33.4. The Morgan fingerprint density at radius 1 is 1.35 bits per heavy atom. The van der Waals surface area contributed by atoms with E-state index in [1.54, 1.807) is 16.4 Å². The zero-order valence-corrected chi connectivity index (χ0v) is 14.4. The molecule has 1 aromatic rings. The molecule has 20 heavy (non-hydrogen) atoms. The molecule has 4 nitrogen and oxygen atoms in total. The van der Waals surface area contributed by atoms with E-state index in [1.807, 2.05) is 13.8 Å². The number of rotatable bonds is 3. The van der Waals surface area contributed by atoms with Crippen LogP contribution in [-0.4, -0.2) is 32.4 Å². The number of halogens is 1. The van der Waals surface area contributed by atoms with Crippen LogP contribution in [0, 0.1) is 6.92 Å². The Bertz CT molecular complexity index is 601. The van der Waals surface area contributed by atoms with Crippen molar-refractivity contribution in [3.63, 3.8) is 0 Å². The van der Waals surface area contributed by atoms with Gasteiger partial charge < -0.3 is 4.74 Å². The first-order valence-corrected chi connectivity index (χ1v) is 8.97. The molecule has 2 rings (SSSR count). The fourth-order valence-electron chi connectivity index (χ4n) is 2.55. The second kappa shape index (κ2) is 6.03. The van der Waals surface area contributed by atoms with E-state index in [0.29, 0.717) is 12.3 Å². The predicted molar refractivity (Wildman–Crippen MR) is 82.6 cm³/mol. The SMILES string of the molecule is COc1cc(C)c(Br)cc1S(=O)(=O)N1CCCC[C@H]1C. The monoisotopic (exact) mass is 361 g/mol. The third-order valence-electron chi connectivity index (χ3n) is 3.77. The summed E-state index contributed by atoms with van der Waals surface area (Å²) in [4.78, 5) is 0.242. The van der Waals surface area contributed by atoms with Crippen LogP contribution < -0.4 is 4.74 Å². The highest BCUT2D eigenvalue weighted by Crippen LogP contribution is 2.34. The average molecular weight is 362 g/mol. The summed E-state index contributed by atoms with van der Waals surface area (Å²) >= 11 is 3.40. The Balaban J connectivity index is 2.51. The molecule has 1 aromatic carbocycles. The summed E-state index contributed by atoms with van der Waals surface area (Å²) in [6.45, 7) is 4.46. The van der Waals surface area contributed by atoms with Gasteiger partial charge in [-0.15, -0.1) is 0 Å². The maximum atomic E-state index is 12.9. The van der Waals surface area contributed by atoms with Crippen molar-refractivity contribution >= 4 is 26.0 Å². The molecule has 112 valence electrons. The Kier molecular flexibility index (Phi) is 4.76. The quantitative estimate of drug-likeness (QED) is 0.829. The van der Waals surface area contributed by atoms with E-state index in [-0.39, 0.29) is 10.9 Å². The first-order chi connectivity index (χ1) is 9.37. The Hall–Kier alpha value is -0.590. The molecule has 0 amide bonds. The second-order valence-electron chi connectivity index (χ2n) is 5.21. The van der Waals surface area contributed by atoms with Crippen LogP contribution in [0.15, 0.2) is 21.5 Å². The highest BCUT2D eigenvalue weighted by atomic mass is 79.9. The number of aryl methyl sites for hydroxylation is 1.